The van der Waals surface area contributed by atoms with Crippen molar-refractivity contribution < 1.29 is 22.7 Å². The van der Waals surface area contributed by atoms with Crippen molar-refractivity contribution in [3.8, 4) is 0 Å². The summed E-state index contributed by atoms with van der Waals surface area (Å²) in [5, 5.41) is 8.63. The lowest BCUT2D eigenvalue weighted by molar-refractivity contribution is 0.0692. The van der Waals surface area contributed by atoms with E-state index in [2.05, 4.69) is 4.72 Å². The van der Waals surface area contributed by atoms with E-state index in [1.165, 1.54) is 12.1 Å². The number of rotatable bonds is 4. The molecule has 0 atom stereocenters. The lowest BCUT2D eigenvalue weighted by atomic mass is 10.2. The van der Waals surface area contributed by atoms with Crippen LogP contribution in [-0.2, 0) is 10.0 Å². The zero-order valence-corrected chi connectivity index (χ0v) is 12.9. The highest BCUT2D eigenvalue weighted by Gasteiger charge is 2.19. The largest absolute Gasteiger partial charge is 0.478 e. The van der Waals surface area contributed by atoms with Gasteiger partial charge in [0.15, 0.2) is 0 Å². The van der Waals surface area contributed by atoms with Crippen LogP contribution in [0.5, 0.6) is 0 Å². The van der Waals surface area contributed by atoms with Crippen LogP contribution in [-0.4, -0.2) is 19.5 Å². The van der Waals surface area contributed by atoms with Crippen LogP contribution >= 0.6 is 11.6 Å². The maximum atomic E-state index is 13.4. The zero-order chi connectivity index (χ0) is 16.5. The van der Waals surface area contributed by atoms with E-state index < -0.39 is 27.4 Å². The molecule has 22 heavy (non-hydrogen) atoms. The Bertz CT molecular complexity index is 835. The first-order chi connectivity index (χ1) is 10.2. The Hall–Kier alpha value is -2.12. The SMILES string of the molecule is Cc1ccc(S(=O)(=O)Nc2cc(C(=O)O)c(F)cc2Cl)cc1. The number of carboxylic acid groups (broad SMARTS) is 1. The van der Waals surface area contributed by atoms with Gasteiger partial charge < -0.3 is 5.11 Å². The fourth-order valence-electron chi connectivity index (χ4n) is 1.71. The van der Waals surface area contributed by atoms with Gasteiger partial charge in [-0.3, -0.25) is 4.72 Å². The van der Waals surface area contributed by atoms with Crippen LogP contribution in [0.15, 0.2) is 41.3 Å². The van der Waals surface area contributed by atoms with Crippen LogP contribution in [0.4, 0.5) is 10.1 Å². The number of benzene rings is 2. The van der Waals surface area contributed by atoms with Gasteiger partial charge in [-0.1, -0.05) is 29.3 Å². The molecule has 2 aromatic rings. The highest BCUT2D eigenvalue weighted by Crippen LogP contribution is 2.28. The predicted molar refractivity (Wildman–Crippen MR) is 80.4 cm³/mol. The van der Waals surface area contributed by atoms with Gasteiger partial charge in [0.2, 0.25) is 0 Å². The third kappa shape index (κ3) is 3.37. The van der Waals surface area contributed by atoms with E-state index >= 15 is 0 Å². The fourth-order valence-corrected chi connectivity index (χ4v) is 3.04. The molecule has 2 rings (SSSR count). The minimum absolute atomic E-state index is 0.0182. The van der Waals surface area contributed by atoms with Gasteiger partial charge in [0.05, 0.1) is 21.2 Å². The summed E-state index contributed by atoms with van der Waals surface area (Å²) in [6.45, 7) is 1.81. The Morgan fingerprint density at radius 2 is 1.82 bits per heavy atom. The van der Waals surface area contributed by atoms with Crippen LogP contribution in [0.3, 0.4) is 0 Å². The molecule has 0 radical (unpaired) electrons. The molecule has 0 heterocycles. The van der Waals surface area contributed by atoms with Crippen LogP contribution in [0, 0.1) is 12.7 Å². The summed E-state index contributed by atoms with van der Waals surface area (Å²) in [5.41, 5.74) is -0.000948. The van der Waals surface area contributed by atoms with Gasteiger partial charge >= 0.3 is 5.97 Å². The Kier molecular flexibility index (Phi) is 4.39. The molecule has 0 fully saturated rings. The minimum atomic E-state index is -3.96. The van der Waals surface area contributed by atoms with E-state index in [1.807, 2.05) is 0 Å². The van der Waals surface area contributed by atoms with Gasteiger partial charge in [0, 0.05) is 0 Å². The lowest BCUT2D eigenvalue weighted by Gasteiger charge is -2.11. The van der Waals surface area contributed by atoms with E-state index in [4.69, 9.17) is 16.7 Å². The average molecular weight is 344 g/mol. The molecule has 0 spiro atoms. The molecule has 8 heteroatoms. The molecular weight excluding hydrogens is 333 g/mol. The van der Waals surface area contributed by atoms with Crippen LogP contribution < -0.4 is 4.72 Å². The molecule has 0 bridgehead atoms. The number of carbonyl (C=O) groups is 1. The zero-order valence-electron chi connectivity index (χ0n) is 11.3. The fraction of sp³-hybridized carbons (Fsp3) is 0.0714. The molecule has 0 saturated heterocycles. The van der Waals surface area contributed by atoms with Gasteiger partial charge in [-0.15, -0.1) is 0 Å². The summed E-state index contributed by atoms with van der Waals surface area (Å²) < 4.78 is 40.0. The summed E-state index contributed by atoms with van der Waals surface area (Å²) in [5.74, 6) is -2.57. The average Bonchev–Trinajstić information content (AvgIpc) is 2.41. The second-order valence-electron chi connectivity index (χ2n) is 4.54. The molecule has 5 nitrogen and oxygen atoms in total. The standard InChI is InChI=1S/C14H11ClFNO4S/c1-8-2-4-9(5-3-8)22(20,21)17-13-6-10(14(18)19)12(16)7-11(13)15/h2-7,17H,1H3,(H,18,19). The van der Waals surface area contributed by atoms with Crippen molar-refractivity contribution in [1.29, 1.82) is 0 Å². The lowest BCUT2D eigenvalue weighted by Crippen LogP contribution is -2.14. The molecule has 2 aromatic carbocycles. The van der Waals surface area contributed by atoms with E-state index in [0.29, 0.717) is 0 Å². The molecule has 0 aliphatic rings. The molecule has 0 saturated carbocycles. The van der Waals surface area contributed by atoms with Gasteiger partial charge in [-0.2, -0.15) is 0 Å². The van der Waals surface area contributed by atoms with Crippen molar-refractivity contribution in [3.05, 3.63) is 58.4 Å². The first kappa shape index (κ1) is 16.3. The molecule has 0 aliphatic carbocycles. The quantitative estimate of drug-likeness (QED) is 0.892. The van der Waals surface area contributed by atoms with Gasteiger partial charge in [-0.05, 0) is 31.2 Å². The Balaban J connectivity index is 2.43. The number of aryl methyl sites for hydroxylation is 1. The molecule has 116 valence electrons. The normalized spacial score (nSPS) is 11.2. The molecule has 2 N–H and O–H groups in total. The second kappa shape index (κ2) is 5.94. The van der Waals surface area contributed by atoms with Gasteiger partial charge in [-0.25, -0.2) is 17.6 Å². The number of nitrogens with one attached hydrogen (secondary N) is 1. The number of sulfonamides is 1. The third-order valence-electron chi connectivity index (χ3n) is 2.86. The van der Waals surface area contributed by atoms with E-state index in [-0.39, 0.29) is 15.6 Å². The number of carboxylic acids is 1. The van der Waals surface area contributed by atoms with E-state index in [9.17, 15) is 17.6 Å². The van der Waals surface area contributed by atoms with Crippen molar-refractivity contribution in [3.63, 3.8) is 0 Å². The Morgan fingerprint density at radius 3 is 2.36 bits per heavy atom. The highest BCUT2D eigenvalue weighted by molar-refractivity contribution is 7.92. The van der Waals surface area contributed by atoms with Crippen molar-refractivity contribution in [2.24, 2.45) is 0 Å². The number of hydrogen-bond donors (Lipinski definition) is 2. The first-order valence-corrected chi connectivity index (χ1v) is 7.88. The van der Waals surface area contributed by atoms with Crippen molar-refractivity contribution in [1.82, 2.24) is 0 Å². The molecule has 0 unspecified atom stereocenters. The Labute approximate surface area is 131 Å². The maximum absolute atomic E-state index is 13.4. The number of hydrogen-bond acceptors (Lipinski definition) is 3. The van der Waals surface area contributed by atoms with Crippen molar-refractivity contribution >= 4 is 33.3 Å². The summed E-state index contributed by atoms with van der Waals surface area (Å²) in [6.07, 6.45) is 0. The Morgan fingerprint density at radius 1 is 1.23 bits per heavy atom. The topological polar surface area (TPSA) is 83.5 Å². The highest BCUT2D eigenvalue weighted by atomic mass is 35.5. The first-order valence-electron chi connectivity index (χ1n) is 6.02. The van der Waals surface area contributed by atoms with Crippen LogP contribution in [0.25, 0.3) is 0 Å². The van der Waals surface area contributed by atoms with E-state index in [1.54, 1.807) is 19.1 Å². The van der Waals surface area contributed by atoms with Crippen LogP contribution in [0.1, 0.15) is 15.9 Å². The summed E-state index contributed by atoms with van der Waals surface area (Å²) in [7, 11) is -3.96. The van der Waals surface area contributed by atoms with Crippen LogP contribution in [0.2, 0.25) is 5.02 Å². The molecule has 0 aliphatic heterocycles. The smallest absolute Gasteiger partial charge is 0.338 e. The predicted octanol–water partition coefficient (Wildman–Crippen LogP) is 3.29. The monoisotopic (exact) mass is 343 g/mol. The van der Waals surface area contributed by atoms with E-state index in [0.717, 1.165) is 17.7 Å². The number of halogens is 2. The van der Waals surface area contributed by atoms with Crippen molar-refractivity contribution in [2.45, 2.75) is 11.8 Å². The molecule has 0 aromatic heterocycles. The van der Waals surface area contributed by atoms with Gasteiger partial charge in [0.25, 0.3) is 10.0 Å². The number of aromatic carboxylic acids is 1. The molecular formula is C14H11ClFNO4S. The van der Waals surface area contributed by atoms with Gasteiger partial charge in [0.1, 0.15) is 5.82 Å². The number of anilines is 1. The summed E-state index contributed by atoms with van der Waals surface area (Å²) in [6, 6.07) is 7.61. The molecule has 0 amide bonds. The summed E-state index contributed by atoms with van der Waals surface area (Å²) >= 11 is 5.77. The summed E-state index contributed by atoms with van der Waals surface area (Å²) in [4.78, 5) is 10.9. The van der Waals surface area contributed by atoms with Crippen molar-refractivity contribution in [2.75, 3.05) is 4.72 Å². The maximum Gasteiger partial charge on any atom is 0.338 e. The second-order valence-corrected chi connectivity index (χ2v) is 6.63. The third-order valence-corrected chi connectivity index (χ3v) is 4.56. The minimum Gasteiger partial charge on any atom is -0.478 e.